The molecule has 0 aromatic heterocycles. The molecule has 0 spiro atoms. The third-order valence-electron chi connectivity index (χ3n) is 4.40. The Morgan fingerprint density at radius 3 is 2.13 bits per heavy atom. The molecule has 0 fully saturated rings. The summed E-state index contributed by atoms with van der Waals surface area (Å²) in [4.78, 5) is 0. The first-order chi connectivity index (χ1) is 13.9. The summed E-state index contributed by atoms with van der Waals surface area (Å²) in [6, 6.07) is 2.94. The number of alkyl halides is 6. The fourth-order valence-corrected chi connectivity index (χ4v) is 3.11. The van der Waals surface area contributed by atoms with Crippen LogP contribution >= 0.6 is 0 Å². The van der Waals surface area contributed by atoms with E-state index in [2.05, 4.69) is 11.9 Å². The van der Waals surface area contributed by atoms with Gasteiger partial charge in [-0.3, -0.25) is 0 Å². The van der Waals surface area contributed by atoms with Crippen molar-refractivity contribution in [2.75, 3.05) is 0 Å². The largest absolute Gasteiger partial charge is 0.417 e. The predicted octanol–water partition coefficient (Wildman–Crippen LogP) is 6.61. The first-order valence-electron chi connectivity index (χ1n) is 8.45. The third-order valence-corrected chi connectivity index (χ3v) is 4.40. The third kappa shape index (κ3) is 4.55. The van der Waals surface area contributed by atoms with E-state index in [1.165, 1.54) is 18.4 Å². The molecular weight excluding hydrogens is 418 g/mol. The van der Waals surface area contributed by atoms with Gasteiger partial charge in [-0.15, -0.1) is 0 Å². The van der Waals surface area contributed by atoms with E-state index in [-0.39, 0.29) is 22.9 Å². The molecule has 0 radical (unpaired) electrons. The molecule has 2 aromatic carbocycles. The van der Waals surface area contributed by atoms with Gasteiger partial charge in [0, 0.05) is 24.4 Å². The number of hydrogen-bond acceptors (Lipinski definition) is 1. The highest BCUT2D eigenvalue weighted by molar-refractivity contribution is 5.81. The zero-order valence-corrected chi connectivity index (χ0v) is 15.1. The highest BCUT2D eigenvalue weighted by Crippen LogP contribution is 2.42. The Balaban J connectivity index is 2.31. The van der Waals surface area contributed by atoms with Crippen molar-refractivity contribution in [1.82, 2.24) is 5.32 Å². The summed E-state index contributed by atoms with van der Waals surface area (Å²) in [5.74, 6) is -2.00. The maximum atomic E-state index is 14.1. The molecule has 1 aliphatic heterocycles. The molecule has 30 heavy (non-hydrogen) atoms. The molecule has 0 aliphatic carbocycles. The van der Waals surface area contributed by atoms with Crippen LogP contribution in [0.25, 0.3) is 5.57 Å². The van der Waals surface area contributed by atoms with Crippen molar-refractivity contribution in [3.05, 3.63) is 100 Å². The van der Waals surface area contributed by atoms with Crippen LogP contribution in [-0.2, 0) is 18.8 Å². The Morgan fingerprint density at radius 1 is 0.867 bits per heavy atom. The molecule has 2 aromatic rings. The second kappa shape index (κ2) is 7.62. The van der Waals surface area contributed by atoms with E-state index < -0.39 is 52.7 Å². The number of dihydropyridines is 1. The Bertz CT molecular complexity index is 1060. The maximum Gasteiger partial charge on any atom is 0.417 e. The first-order valence-corrected chi connectivity index (χ1v) is 8.45. The summed E-state index contributed by atoms with van der Waals surface area (Å²) in [6.45, 7) is 3.57. The van der Waals surface area contributed by atoms with Gasteiger partial charge in [0.05, 0.1) is 11.1 Å². The van der Waals surface area contributed by atoms with Gasteiger partial charge in [0.2, 0.25) is 0 Å². The van der Waals surface area contributed by atoms with E-state index in [0.717, 1.165) is 12.1 Å². The van der Waals surface area contributed by atoms with Gasteiger partial charge in [0.25, 0.3) is 0 Å². The molecular formula is C21H13F8N. The molecule has 1 aliphatic rings. The van der Waals surface area contributed by atoms with Gasteiger partial charge in [-0.1, -0.05) is 12.6 Å². The lowest BCUT2D eigenvalue weighted by atomic mass is 9.87. The zero-order valence-electron chi connectivity index (χ0n) is 15.1. The van der Waals surface area contributed by atoms with E-state index >= 15 is 0 Å². The van der Waals surface area contributed by atoms with Crippen LogP contribution in [-0.4, -0.2) is 0 Å². The minimum absolute atomic E-state index is 0.0271. The summed E-state index contributed by atoms with van der Waals surface area (Å²) in [5.41, 5.74) is -4.04. The Morgan fingerprint density at radius 2 is 1.57 bits per heavy atom. The fourth-order valence-electron chi connectivity index (χ4n) is 3.11. The van der Waals surface area contributed by atoms with Crippen LogP contribution in [0.2, 0.25) is 0 Å². The van der Waals surface area contributed by atoms with Crippen LogP contribution in [0.15, 0.2) is 61.0 Å². The van der Waals surface area contributed by atoms with Crippen molar-refractivity contribution in [2.24, 2.45) is 0 Å². The second-order valence-corrected chi connectivity index (χ2v) is 6.57. The lowest BCUT2D eigenvalue weighted by molar-refractivity contribution is -0.143. The van der Waals surface area contributed by atoms with Gasteiger partial charge < -0.3 is 5.32 Å². The molecule has 0 saturated heterocycles. The molecule has 158 valence electrons. The van der Waals surface area contributed by atoms with E-state index in [1.54, 1.807) is 0 Å². The van der Waals surface area contributed by atoms with Crippen molar-refractivity contribution < 1.29 is 35.1 Å². The lowest BCUT2D eigenvalue weighted by Crippen LogP contribution is -2.17. The minimum atomic E-state index is -5.12. The van der Waals surface area contributed by atoms with Crippen molar-refractivity contribution in [2.45, 2.75) is 18.8 Å². The van der Waals surface area contributed by atoms with Gasteiger partial charge in [-0.25, -0.2) is 8.78 Å². The lowest BCUT2D eigenvalue weighted by Gasteiger charge is -2.22. The molecule has 3 rings (SSSR count). The average Bonchev–Trinajstić information content (AvgIpc) is 2.62. The molecule has 0 saturated carbocycles. The summed E-state index contributed by atoms with van der Waals surface area (Å²) in [6.07, 6.45) is -7.01. The van der Waals surface area contributed by atoms with Gasteiger partial charge in [-0.05, 0) is 52.6 Å². The Labute approximate surface area is 166 Å². The molecule has 1 nitrogen and oxygen atoms in total. The van der Waals surface area contributed by atoms with Gasteiger partial charge >= 0.3 is 12.4 Å². The number of hydrogen-bond donors (Lipinski definition) is 1. The molecule has 1 heterocycles. The van der Waals surface area contributed by atoms with Crippen LogP contribution in [0, 0.1) is 11.6 Å². The summed E-state index contributed by atoms with van der Waals surface area (Å²) < 4.78 is 108. The highest BCUT2D eigenvalue weighted by atomic mass is 19.4. The van der Waals surface area contributed by atoms with Crippen molar-refractivity contribution in [3.8, 4) is 0 Å². The van der Waals surface area contributed by atoms with Gasteiger partial charge in [-0.2, -0.15) is 26.3 Å². The van der Waals surface area contributed by atoms with Crippen molar-refractivity contribution in [1.29, 1.82) is 0 Å². The van der Waals surface area contributed by atoms with Crippen LogP contribution in [0.3, 0.4) is 0 Å². The first kappa shape index (κ1) is 21.6. The topological polar surface area (TPSA) is 12.0 Å². The van der Waals surface area contributed by atoms with Crippen molar-refractivity contribution >= 4 is 5.57 Å². The quantitative estimate of drug-likeness (QED) is 0.540. The fraction of sp³-hybridized carbons (Fsp3) is 0.143. The SMILES string of the molecule is C=C1C=C(c2c(Cc3ccc(F)cc3F)cc(C(F)(F)F)cc2C(F)(F)F)C=CN1. The van der Waals surface area contributed by atoms with E-state index in [1.807, 2.05) is 0 Å². The standard InChI is InChI=1S/C21H13F8N/c1-11-6-13(4-5-30-11)19-14(7-12-2-3-16(22)10-18(12)23)8-15(20(24,25)26)9-17(19)21(27,28)29/h2-6,8-10,30H,1,7H2. The zero-order chi connectivity index (χ0) is 22.3. The number of halogens is 8. The predicted molar refractivity (Wildman–Crippen MR) is 95.0 cm³/mol. The maximum absolute atomic E-state index is 14.1. The Hall–Kier alpha value is -3.10. The molecule has 0 amide bonds. The number of nitrogens with one attached hydrogen (secondary N) is 1. The van der Waals surface area contributed by atoms with E-state index in [9.17, 15) is 35.1 Å². The smallest absolute Gasteiger partial charge is 0.362 e. The van der Waals surface area contributed by atoms with Crippen LogP contribution in [0.1, 0.15) is 27.8 Å². The minimum Gasteiger partial charge on any atom is -0.362 e. The molecule has 9 heteroatoms. The van der Waals surface area contributed by atoms with Crippen molar-refractivity contribution in [3.63, 3.8) is 0 Å². The number of allylic oxidation sites excluding steroid dienone is 3. The van der Waals surface area contributed by atoms with Gasteiger partial charge in [0.15, 0.2) is 0 Å². The monoisotopic (exact) mass is 431 g/mol. The average molecular weight is 431 g/mol. The van der Waals surface area contributed by atoms with Crippen LogP contribution in [0.5, 0.6) is 0 Å². The summed E-state index contributed by atoms with van der Waals surface area (Å²) >= 11 is 0. The highest BCUT2D eigenvalue weighted by Gasteiger charge is 2.40. The molecule has 0 unspecified atom stereocenters. The number of rotatable bonds is 3. The molecule has 0 bridgehead atoms. The summed E-state index contributed by atoms with van der Waals surface area (Å²) in [7, 11) is 0. The Kier molecular flexibility index (Phi) is 5.49. The molecule has 0 atom stereocenters. The van der Waals surface area contributed by atoms with Gasteiger partial charge in [0.1, 0.15) is 11.6 Å². The van der Waals surface area contributed by atoms with E-state index in [4.69, 9.17) is 0 Å². The van der Waals surface area contributed by atoms with E-state index in [0.29, 0.717) is 12.1 Å². The number of benzene rings is 2. The molecule has 1 N–H and O–H groups in total. The summed E-state index contributed by atoms with van der Waals surface area (Å²) in [5, 5.41) is 2.65. The normalized spacial score (nSPS) is 14.5. The second-order valence-electron chi connectivity index (χ2n) is 6.57. The van der Waals surface area contributed by atoms with Crippen LogP contribution in [0.4, 0.5) is 35.1 Å². The van der Waals surface area contributed by atoms with Crippen LogP contribution < -0.4 is 5.32 Å².